The van der Waals surface area contributed by atoms with Crippen LogP contribution in [0.3, 0.4) is 0 Å². The number of rotatable bonds is 3. The highest BCUT2D eigenvalue weighted by Gasteiger charge is 2.39. The second-order valence-electron chi connectivity index (χ2n) is 7.15. The molecule has 1 aliphatic carbocycles. The number of aliphatic hydroxyl groups excluding tert-OH is 1. The first-order valence-corrected chi connectivity index (χ1v) is 10.0. The van der Waals surface area contributed by atoms with Crippen LogP contribution >= 0.6 is 0 Å². The Balaban J connectivity index is 2.09. The van der Waals surface area contributed by atoms with E-state index in [4.69, 9.17) is 4.43 Å². The van der Waals surface area contributed by atoms with Gasteiger partial charge in [-0.25, -0.2) is 0 Å². The zero-order valence-corrected chi connectivity index (χ0v) is 13.7. The molecule has 1 N–H and O–H groups in total. The van der Waals surface area contributed by atoms with Crippen molar-refractivity contribution in [1.29, 1.82) is 0 Å². The van der Waals surface area contributed by atoms with Gasteiger partial charge in [-0.1, -0.05) is 45.0 Å². The summed E-state index contributed by atoms with van der Waals surface area (Å²) in [6, 6.07) is 8.34. The van der Waals surface area contributed by atoms with Crippen molar-refractivity contribution >= 4 is 8.32 Å². The maximum Gasteiger partial charge on any atom is 0.192 e. The second-order valence-corrected chi connectivity index (χ2v) is 12.0. The minimum absolute atomic E-state index is 0.144. The summed E-state index contributed by atoms with van der Waals surface area (Å²) in [6.07, 6.45) is 0.476. The van der Waals surface area contributed by atoms with Gasteiger partial charge in [0.25, 0.3) is 0 Å². The fourth-order valence-corrected chi connectivity index (χ4v) is 3.40. The van der Waals surface area contributed by atoms with Gasteiger partial charge in [0.1, 0.15) is 0 Å². The SMILES string of the molecule is CC(C)(C)[Si](C)(C)OC[C@@H]1c2ccccc2C[C@@H]1O. The van der Waals surface area contributed by atoms with Crippen LogP contribution in [0.5, 0.6) is 0 Å². The third-order valence-corrected chi connectivity index (χ3v) is 9.28. The summed E-state index contributed by atoms with van der Waals surface area (Å²) >= 11 is 0. The van der Waals surface area contributed by atoms with Crippen LogP contribution in [0.15, 0.2) is 24.3 Å². The Morgan fingerprint density at radius 3 is 2.53 bits per heavy atom. The van der Waals surface area contributed by atoms with Crippen molar-refractivity contribution in [2.75, 3.05) is 6.61 Å². The molecular formula is C16H26O2Si. The molecule has 0 radical (unpaired) electrons. The highest BCUT2D eigenvalue weighted by atomic mass is 28.4. The number of benzene rings is 1. The molecule has 0 aliphatic heterocycles. The average molecular weight is 278 g/mol. The van der Waals surface area contributed by atoms with Crippen LogP contribution in [0.2, 0.25) is 18.1 Å². The lowest BCUT2D eigenvalue weighted by molar-refractivity contribution is 0.122. The van der Waals surface area contributed by atoms with Crippen molar-refractivity contribution in [2.24, 2.45) is 0 Å². The number of fused-ring (bicyclic) bond motifs is 1. The van der Waals surface area contributed by atoms with Crippen LogP contribution in [0.25, 0.3) is 0 Å². The fourth-order valence-electron chi connectivity index (χ4n) is 2.37. The Bertz CT molecular complexity index is 448. The van der Waals surface area contributed by atoms with E-state index in [2.05, 4.69) is 52.1 Å². The lowest BCUT2D eigenvalue weighted by Gasteiger charge is -2.37. The molecular weight excluding hydrogens is 252 g/mol. The molecule has 106 valence electrons. The molecule has 2 nitrogen and oxygen atoms in total. The second kappa shape index (κ2) is 5.04. The van der Waals surface area contributed by atoms with E-state index in [1.54, 1.807) is 0 Å². The maximum atomic E-state index is 10.2. The average Bonchev–Trinajstić information content (AvgIpc) is 2.60. The summed E-state index contributed by atoms with van der Waals surface area (Å²) in [5.41, 5.74) is 2.55. The number of aliphatic hydroxyl groups is 1. The van der Waals surface area contributed by atoms with Crippen molar-refractivity contribution in [3.05, 3.63) is 35.4 Å². The molecule has 0 saturated heterocycles. The summed E-state index contributed by atoms with van der Waals surface area (Å²) in [6.45, 7) is 11.9. The number of hydrogen-bond acceptors (Lipinski definition) is 2. The molecule has 0 aromatic heterocycles. The van der Waals surface area contributed by atoms with Crippen LogP contribution in [0.4, 0.5) is 0 Å². The normalized spacial score (nSPS) is 23.5. The molecule has 0 bridgehead atoms. The van der Waals surface area contributed by atoms with Crippen molar-refractivity contribution in [2.45, 2.75) is 57.3 Å². The summed E-state index contributed by atoms with van der Waals surface area (Å²) in [5, 5.41) is 10.5. The van der Waals surface area contributed by atoms with E-state index in [-0.39, 0.29) is 17.1 Å². The van der Waals surface area contributed by atoms with E-state index >= 15 is 0 Å². The molecule has 1 aromatic rings. The first-order chi connectivity index (χ1) is 8.72. The minimum Gasteiger partial charge on any atom is -0.416 e. The van der Waals surface area contributed by atoms with Gasteiger partial charge in [0.2, 0.25) is 0 Å². The van der Waals surface area contributed by atoms with Crippen LogP contribution in [0.1, 0.15) is 37.8 Å². The molecule has 2 rings (SSSR count). The van der Waals surface area contributed by atoms with Crippen LogP contribution in [-0.4, -0.2) is 26.1 Å². The zero-order chi connectivity index (χ0) is 14.3. The Hall–Kier alpha value is -0.643. The molecule has 0 heterocycles. The third-order valence-electron chi connectivity index (χ3n) is 4.78. The highest BCUT2D eigenvalue weighted by molar-refractivity contribution is 6.74. The van der Waals surface area contributed by atoms with E-state index in [1.807, 2.05) is 6.07 Å². The van der Waals surface area contributed by atoms with Crippen LogP contribution in [-0.2, 0) is 10.8 Å². The Labute approximate surface area is 117 Å². The Morgan fingerprint density at radius 1 is 1.26 bits per heavy atom. The van der Waals surface area contributed by atoms with Crippen molar-refractivity contribution < 1.29 is 9.53 Å². The molecule has 0 saturated carbocycles. The molecule has 2 atom stereocenters. The third kappa shape index (κ3) is 2.93. The monoisotopic (exact) mass is 278 g/mol. The number of hydrogen-bond donors (Lipinski definition) is 1. The summed E-state index contributed by atoms with van der Waals surface area (Å²) in [4.78, 5) is 0. The first kappa shape index (κ1) is 14.8. The van der Waals surface area contributed by atoms with Gasteiger partial charge in [-0.3, -0.25) is 0 Å². The van der Waals surface area contributed by atoms with E-state index < -0.39 is 8.32 Å². The molecule has 19 heavy (non-hydrogen) atoms. The quantitative estimate of drug-likeness (QED) is 0.854. The maximum absolute atomic E-state index is 10.2. The van der Waals surface area contributed by atoms with E-state index in [9.17, 15) is 5.11 Å². The molecule has 0 unspecified atom stereocenters. The fraction of sp³-hybridized carbons (Fsp3) is 0.625. The summed E-state index contributed by atoms with van der Waals surface area (Å²) < 4.78 is 6.28. The van der Waals surface area contributed by atoms with Gasteiger partial charge in [-0.2, -0.15) is 0 Å². The van der Waals surface area contributed by atoms with Gasteiger partial charge in [0.15, 0.2) is 8.32 Å². The largest absolute Gasteiger partial charge is 0.416 e. The molecule has 0 fully saturated rings. The molecule has 1 aliphatic rings. The van der Waals surface area contributed by atoms with Gasteiger partial charge in [0, 0.05) is 12.5 Å². The van der Waals surface area contributed by atoms with Gasteiger partial charge in [-0.15, -0.1) is 0 Å². The van der Waals surface area contributed by atoms with E-state index in [0.29, 0.717) is 6.61 Å². The Morgan fingerprint density at radius 2 is 1.89 bits per heavy atom. The highest BCUT2D eigenvalue weighted by Crippen LogP contribution is 2.39. The molecule has 0 amide bonds. The Kier molecular flexibility index (Phi) is 3.91. The standard InChI is InChI=1S/C16H26O2Si/c1-16(2,3)19(4,5)18-11-14-13-9-7-6-8-12(13)10-15(14)17/h6-9,14-15,17H,10-11H2,1-5H3/t14-,15+/m1/s1. The van der Waals surface area contributed by atoms with Crippen molar-refractivity contribution in [1.82, 2.24) is 0 Å². The van der Waals surface area contributed by atoms with Crippen molar-refractivity contribution in [3.8, 4) is 0 Å². The van der Waals surface area contributed by atoms with E-state index in [1.165, 1.54) is 11.1 Å². The van der Waals surface area contributed by atoms with Gasteiger partial charge in [0.05, 0.1) is 6.10 Å². The smallest absolute Gasteiger partial charge is 0.192 e. The topological polar surface area (TPSA) is 29.5 Å². The molecule has 1 aromatic carbocycles. The minimum atomic E-state index is -1.73. The summed E-state index contributed by atoms with van der Waals surface area (Å²) in [7, 11) is -1.73. The predicted molar refractivity (Wildman–Crippen MR) is 82.0 cm³/mol. The summed E-state index contributed by atoms with van der Waals surface area (Å²) in [5.74, 6) is 0.144. The predicted octanol–water partition coefficient (Wildman–Crippen LogP) is 3.71. The van der Waals surface area contributed by atoms with Crippen LogP contribution < -0.4 is 0 Å². The van der Waals surface area contributed by atoms with Crippen LogP contribution in [0, 0.1) is 0 Å². The first-order valence-electron chi connectivity index (χ1n) is 7.12. The van der Waals surface area contributed by atoms with Gasteiger partial charge >= 0.3 is 0 Å². The zero-order valence-electron chi connectivity index (χ0n) is 12.7. The van der Waals surface area contributed by atoms with Gasteiger partial charge < -0.3 is 9.53 Å². The lowest BCUT2D eigenvalue weighted by atomic mass is 10.0. The van der Waals surface area contributed by atoms with Gasteiger partial charge in [-0.05, 0) is 35.7 Å². The lowest BCUT2D eigenvalue weighted by Crippen LogP contribution is -2.42. The molecule has 0 spiro atoms. The molecule has 3 heteroatoms. The van der Waals surface area contributed by atoms with Crippen molar-refractivity contribution in [3.63, 3.8) is 0 Å². The van der Waals surface area contributed by atoms with E-state index in [0.717, 1.165) is 6.42 Å².